The summed E-state index contributed by atoms with van der Waals surface area (Å²) in [4.78, 5) is 17.2. The lowest BCUT2D eigenvalue weighted by Crippen LogP contribution is -2.35. The first-order valence-corrected chi connectivity index (χ1v) is 7.81. The van der Waals surface area contributed by atoms with E-state index < -0.39 is 0 Å². The summed E-state index contributed by atoms with van der Waals surface area (Å²) in [6.07, 6.45) is 3.96. The van der Waals surface area contributed by atoms with Crippen LogP contribution in [0.2, 0.25) is 0 Å². The number of carbonyl (C=O) groups is 1. The number of fused-ring (bicyclic) bond motifs is 1. The summed E-state index contributed by atoms with van der Waals surface area (Å²) in [5, 5.41) is 17.1. The van der Waals surface area contributed by atoms with E-state index in [0.717, 1.165) is 29.6 Å². The standard InChI is InChI=1S/C16H22N4O2/c1-9(2)20-15-13(7-17-20)12(16(22)18-10(3)8-21)6-14(19-15)11-4-5-11/h6-7,9-11,21H,4-5,8H2,1-3H3,(H,18,22). The summed E-state index contributed by atoms with van der Waals surface area (Å²) in [5.74, 6) is 0.279. The third kappa shape index (κ3) is 2.70. The molecule has 1 saturated carbocycles. The van der Waals surface area contributed by atoms with Crippen LogP contribution < -0.4 is 5.32 Å². The quantitative estimate of drug-likeness (QED) is 0.885. The van der Waals surface area contributed by atoms with E-state index in [1.807, 2.05) is 24.6 Å². The zero-order valence-electron chi connectivity index (χ0n) is 13.2. The molecule has 2 aromatic heterocycles. The van der Waals surface area contributed by atoms with Gasteiger partial charge in [0.1, 0.15) is 0 Å². The summed E-state index contributed by atoms with van der Waals surface area (Å²) in [7, 11) is 0. The molecule has 6 heteroatoms. The zero-order chi connectivity index (χ0) is 15.9. The number of hydrogen-bond acceptors (Lipinski definition) is 4. The van der Waals surface area contributed by atoms with E-state index in [4.69, 9.17) is 10.1 Å². The van der Waals surface area contributed by atoms with Crippen LogP contribution in [0.25, 0.3) is 11.0 Å². The van der Waals surface area contributed by atoms with Gasteiger partial charge < -0.3 is 10.4 Å². The van der Waals surface area contributed by atoms with Crippen molar-refractivity contribution in [3.05, 3.63) is 23.5 Å². The molecule has 0 radical (unpaired) electrons. The fourth-order valence-corrected chi connectivity index (χ4v) is 2.54. The first-order valence-electron chi connectivity index (χ1n) is 7.81. The Bertz CT molecular complexity index is 703. The first-order chi connectivity index (χ1) is 10.5. The Kier molecular flexibility index (Phi) is 3.87. The minimum Gasteiger partial charge on any atom is -0.394 e. The Morgan fingerprint density at radius 1 is 1.45 bits per heavy atom. The molecule has 3 rings (SSSR count). The number of nitrogens with one attached hydrogen (secondary N) is 1. The number of amides is 1. The van der Waals surface area contributed by atoms with Crippen molar-refractivity contribution < 1.29 is 9.90 Å². The van der Waals surface area contributed by atoms with E-state index in [2.05, 4.69) is 10.4 Å². The summed E-state index contributed by atoms with van der Waals surface area (Å²) < 4.78 is 1.85. The number of aliphatic hydroxyl groups excluding tert-OH is 1. The van der Waals surface area contributed by atoms with Crippen LogP contribution in [0.4, 0.5) is 0 Å². The molecule has 22 heavy (non-hydrogen) atoms. The number of aliphatic hydroxyl groups is 1. The van der Waals surface area contributed by atoms with Crippen LogP contribution in [0.1, 0.15) is 61.6 Å². The molecular formula is C16H22N4O2. The van der Waals surface area contributed by atoms with Crippen LogP contribution in [0, 0.1) is 0 Å². The van der Waals surface area contributed by atoms with E-state index in [9.17, 15) is 4.79 Å². The molecule has 1 aliphatic carbocycles. The number of carbonyl (C=O) groups excluding carboxylic acids is 1. The predicted molar refractivity (Wildman–Crippen MR) is 83.9 cm³/mol. The van der Waals surface area contributed by atoms with Crippen molar-refractivity contribution in [3.63, 3.8) is 0 Å². The molecule has 0 spiro atoms. The number of pyridine rings is 1. The Labute approximate surface area is 129 Å². The SMILES string of the molecule is CC(CO)NC(=O)c1cc(C2CC2)nc2c1cnn2C(C)C. The third-order valence-corrected chi connectivity index (χ3v) is 3.97. The number of nitrogens with zero attached hydrogens (tertiary/aromatic N) is 3. The van der Waals surface area contributed by atoms with Gasteiger partial charge in [0.2, 0.25) is 0 Å². The van der Waals surface area contributed by atoms with E-state index in [0.29, 0.717) is 11.5 Å². The molecule has 1 atom stereocenters. The lowest BCUT2D eigenvalue weighted by atomic mass is 10.1. The van der Waals surface area contributed by atoms with E-state index in [-0.39, 0.29) is 24.6 Å². The lowest BCUT2D eigenvalue weighted by Gasteiger charge is -2.13. The van der Waals surface area contributed by atoms with Gasteiger partial charge in [0.15, 0.2) is 5.65 Å². The van der Waals surface area contributed by atoms with Crippen LogP contribution >= 0.6 is 0 Å². The van der Waals surface area contributed by atoms with Gasteiger partial charge in [0.25, 0.3) is 5.91 Å². The van der Waals surface area contributed by atoms with Gasteiger partial charge >= 0.3 is 0 Å². The maximum Gasteiger partial charge on any atom is 0.252 e. The van der Waals surface area contributed by atoms with E-state index >= 15 is 0 Å². The summed E-state index contributed by atoms with van der Waals surface area (Å²) >= 11 is 0. The van der Waals surface area contributed by atoms with Crippen molar-refractivity contribution in [1.82, 2.24) is 20.1 Å². The molecule has 6 nitrogen and oxygen atoms in total. The Balaban J connectivity index is 2.09. The highest BCUT2D eigenvalue weighted by molar-refractivity contribution is 6.05. The van der Waals surface area contributed by atoms with Gasteiger partial charge in [-0.1, -0.05) is 0 Å². The Morgan fingerprint density at radius 2 is 2.18 bits per heavy atom. The minimum atomic E-state index is -0.278. The molecule has 2 heterocycles. The average molecular weight is 302 g/mol. The van der Waals surface area contributed by atoms with Crippen molar-refractivity contribution in [3.8, 4) is 0 Å². The summed E-state index contributed by atoms with van der Waals surface area (Å²) in [5.41, 5.74) is 2.33. The molecule has 1 aliphatic rings. The van der Waals surface area contributed by atoms with E-state index in [1.54, 1.807) is 13.1 Å². The molecule has 1 unspecified atom stereocenters. The smallest absolute Gasteiger partial charge is 0.252 e. The van der Waals surface area contributed by atoms with E-state index in [1.165, 1.54) is 0 Å². The predicted octanol–water partition coefficient (Wildman–Crippen LogP) is 2.00. The molecular weight excluding hydrogens is 280 g/mol. The zero-order valence-corrected chi connectivity index (χ0v) is 13.2. The number of aromatic nitrogens is 3. The second kappa shape index (κ2) is 5.68. The van der Waals surface area contributed by atoms with Crippen LogP contribution in [0.5, 0.6) is 0 Å². The van der Waals surface area contributed by atoms with Crippen molar-refractivity contribution in [2.75, 3.05) is 6.61 Å². The van der Waals surface area contributed by atoms with Crippen LogP contribution in [0.15, 0.2) is 12.3 Å². The van der Waals surface area contributed by atoms with Crippen LogP contribution in [0.3, 0.4) is 0 Å². The average Bonchev–Trinajstić information content (AvgIpc) is 3.25. The summed E-state index contributed by atoms with van der Waals surface area (Å²) in [6, 6.07) is 1.79. The second-order valence-corrected chi connectivity index (χ2v) is 6.35. The van der Waals surface area contributed by atoms with Gasteiger partial charge in [-0.05, 0) is 39.7 Å². The number of rotatable bonds is 5. The lowest BCUT2D eigenvalue weighted by molar-refractivity contribution is 0.0924. The van der Waals surface area contributed by atoms with Gasteiger partial charge in [-0.3, -0.25) is 4.79 Å². The van der Waals surface area contributed by atoms with Gasteiger partial charge in [0.05, 0.1) is 23.8 Å². The van der Waals surface area contributed by atoms with Crippen molar-refractivity contribution in [1.29, 1.82) is 0 Å². The highest BCUT2D eigenvalue weighted by Crippen LogP contribution is 2.40. The van der Waals surface area contributed by atoms with Crippen molar-refractivity contribution >= 4 is 16.9 Å². The topological polar surface area (TPSA) is 80.0 Å². The molecule has 2 aromatic rings. The third-order valence-electron chi connectivity index (χ3n) is 3.97. The summed E-state index contributed by atoms with van der Waals surface area (Å²) in [6.45, 7) is 5.79. The molecule has 1 amide bonds. The van der Waals surface area contributed by atoms with Crippen molar-refractivity contribution in [2.24, 2.45) is 0 Å². The maximum absolute atomic E-state index is 12.5. The molecule has 1 fully saturated rings. The van der Waals surface area contributed by atoms with Gasteiger partial charge in [-0.25, -0.2) is 9.67 Å². The Hall–Kier alpha value is -1.95. The Morgan fingerprint density at radius 3 is 2.77 bits per heavy atom. The molecule has 0 bridgehead atoms. The maximum atomic E-state index is 12.5. The fraction of sp³-hybridized carbons (Fsp3) is 0.562. The van der Waals surface area contributed by atoms with Crippen LogP contribution in [-0.2, 0) is 0 Å². The van der Waals surface area contributed by atoms with Crippen molar-refractivity contribution in [2.45, 2.75) is 51.6 Å². The van der Waals surface area contributed by atoms with Gasteiger partial charge in [-0.15, -0.1) is 0 Å². The number of hydrogen-bond donors (Lipinski definition) is 2. The first kappa shape index (κ1) is 15.0. The van der Waals surface area contributed by atoms with Gasteiger partial charge in [0, 0.05) is 23.7 Å². The monoisotopic (exact) mass is 302 g/mol. The molecule has 0 aromatic carbocycles. The second-order valence-electron chi connectivity index (χ2n) is 6.35. The normalized spacial score (nSPS) is 16.2. The molecule has 2 N–H and O–H groups in total. The highest BCUT2D eigenvalue weighted by Gasteiger charge is 2.28. The largest absolute Gasteiger partial charge is 0.394 e. The molecule has 0 saturated heterocycles. The van der Waals surface area contributed by atoms with Gasteiger partial charge in [-0.2, -0.15) is 5.10 Å². The minimum absolute atomic E-state index is 0.0826. The molecule has 0 aliphatic heterocycles. The highest BCUT2D eigenvalue weighted by atomic mass is 16.3. The fourth-order valence-electron chi connectivity index (χ4n) is 2.54. The van der Waals surface area contributed by atoms with Crippen LogP contribution in [-0.4, -0.2) is 38.4 Å². The molecule has 118 valence electrons.